The van der Waals surface area contributed by atoms with E-state index in [4.69, 9.17) is 27.8 Å². The zero-order chi connectivity index (χ0) is 18.1. The molecule has 0 radical (unpaired) electrons. The molecule has 0 aliphatic rings. The number of ether oxygens (including phenoxy) is 1. The Labute approximate surface area is 149 Å². The van der Waals surface area contributed by atoms with Crippen molar-refractivity contribution in [3.63, 3.8) is 0 Å². The van der Waals surface area contributed by atoms with E-state index in [1.807, 2.05) is 0 Å². The van der Waals surface area contributed by atoms with Gasteiger partial charge in [0.25, 0.3) is 0 Å². The monoisotopic (exact) mass is 366 g/mol. The summed E-state index contributed by atoms with van der Waals surface area (Å²) in [5.74, 6) is -0.798. The lowest BCUT2D eigenvalue weighted by atomic mass is 10.1. The summed E-state index contributed by atoms with van der Waals surface area (Å²) in [7, 11) is 0. The molecule has 0 saturated heterocycles. The first-order valence-corrected chi connectivity index (χ1v) is 8.46. The number of nitrogens with two attached hydrogens (primary N) is 2. The molecule has 2 rings (SSSR count). The molecule has 0 aliphatic heterocycles. The summed E-state index contributed by atoms with van der Waals surface area (Å²) in [6.07, 6.45) is 0. The van der Waals surface area contributed by atoms with E-state index in [9.17, 15) is 9.59 Å². The molecule has 1 unspecified atom stereocenters. The van der Waals surface area contributed by atoms with E-state index < -0.39 is 17.6 Å². The van der Waals surface area contributed by atoms with E-state index in [0.717, 1.165) is 11.3 Å². The molecular formula is C17H19ClN2O3S. The molecule has 0 spiro atoms. The van der Waals surface area contributed by atoms with Gasteiger partial charge in [0.1, 0.15) is 11.6 Å². The zero-order valence-corrected chi connectivity index (χ0v) is 15.2. The largest absolute Gasteiger partial charge is 0.459 e. The number of halogens is 1. The molecular weight excluding hydrogens is 348 g/mol. The van der Waals surface area contributed by atoms with Crippen LogP contribution in [0.4, 0.5) is 5.69 Å². The zero-order valence-electron chi connectivity index (χ0n) is 13.6. The van der Waals surface area contributed by atoms with Crippen molar-refractivity contribution in [2.45, 2.75) is 32.4 Å². The normalized spacial score (nSPS) is 12.7. The molecule has 5 nitrogen and oxygen atoms in total. The Hall–Kier alpha value is -1.89. The number of hydrogen-bond donors (Lipinski definition) is 2. The van der Waals surface area contributed by atoms with Crippen molar-refractivity contribution in [1.29, 1.82) is 0 Å². The Bertz CT molecular complexity index is 780. The van der Waals surface area contributed by atoms with Crippen LogP contribution in [0, 0.1) is 0 Å². The minimum absolute atomic E-state index is 0.261. The third kappa shape index (κ3) is 4.35. The van der Waals surface area contributed by atoms with Gasteiger partial charge in [0.2, 0.25) is 5.78 Å². The van der Waals surface area contributed by atoms with Gasteiger partial charge in [0.15, 0.2) is 0 Å². The number of anilines is 1. The van der Waals surface area contributed by atoms with Crippen molar-refractivity contribution in [2.24, 2.45) is 5.73 Å². The molecule has 0 fully saturated rings. The topological polar surface area (TPSA) is 95.4 Å². The van der Waals surface area contributed by atoms with Crippen molar-refractivity contribution in [3.8, 4) is 0 Å². The van der Waals surface area contributed by atoms with Gasteiger partial charge in [0.05, 0.1) is 4.88 Å². The van der Waals surface area contributed by atoms with Crippen molar-refractivity contribution < 1.29 is 14.3 Å². The molecule has 0 amide bonds. The smallest absolute Gasteiger partial charge is 0.328 e. The molecule has 4 N–H and O–H groups in total. The van der Waals surface area contributed by atoms with Gasteiger partial charge in [-0.05, 0) is 51.1 Å². The summed E-state index contributed by atoms with van der Waals surface area (Å²) in [6, 6.07) is 7.04. The second-order valence-corrected chi connectivity index (χ2v) is 7.83. The fraction of sp³-hybridized carbons (Fsp3) is 0.294. The molecule has 7 heteroatoms. The lowest BCUT2D eigenvalue weighted by molar-refractivity contribution is -0.156. The first-order chi connectivity index (χ1) is 11.1. The van der Waals surface area contributed by atoms with E-state index >= 15 is 0 Å². The van der Waals surface area contributed by atoms with Crippen LogP contribution >= 0.6 is 22.9 Å². The number of esters is 1. The summed E-state index contributed by atoms with van der Waals surface area (Å²) in [4.78, 5) is 25.6. The molecule has 128 valence electrons. The fourth-order valence-electron chi connectivity index (χ4n) is 1.98. The SMILES string of the molecule is CC(C)(C)OC(=O)C(N)c1ccc(C(=O)c2cc(Cl)ccc2N)s1. The van der Waals surface area contributed by atoms with Gasteiger partial charge in [-0.25, -0.2) is 4.79 Å². The molecule has 0 saturated carbocycles. The van der Waals surface area contributed by atoms with Crippen LogP contribution in [0.25, 0.3) is 0 Å². The Balaban J connectivity index is 2.22. The van der Waals surface area contributed by atoms with Gasteiger partial charge in [-0.2, -0.15) is 0 Å². The first-order valence-electron chi connectivity index (χ1n) is 7.26. The summed E-state index contributed by atoms with van der Waals surface area (Å²) < 4.78 is 5.26. The maximum absolute atomic E-state index is 12.6. The maximum atomic E-state index is 12.6. The minimum atomic E-state index is -0.938. The average molecular weight is 367 g/mol. The Morgan fingerprint density at radius 3 is 2.50 bits per heavy atom. The Morgan fingerprint density at radius 2 is 1.88 bits per heavy atom. The molecule has 0 bridgehead atoms. The molecule has 0 aliphatic carbocycles. The number of carbonyl (C=O) groups excluding carboxylic acids is 2. The van der Waals surface area contributed by atoms with Gasteiger partial charge in [-0.15, -0.1) is 11.3 Å². The quantitative estimate of drug-likeness (QED) is 0.490. The predicted octanol–water partition coefficient (Wildman–Crippen LogP) is 3.56. The van der Waals surface area contributed by atoms with Gasteiger partial charge in [-0.3, -0.25) is 4.79 Å². The summed E-state index contributed by atoms with van der Waals surface area (Å²) in [5, 5.41) is 0.426. The third-order valence-electron chi connectivity index (χ3n) is 3.08. The molecule has 1 atom stereocenters. The van der Waals surface area contributed by atoms with Crippen LogP contribution in [0.2, 0.25) is 5.02 Å². The number of rotatable bonds is 4. The molecule has 24 heavy (non-hydrogen) atoms. The van der Waals surface area contributed by atoms with E-state index in [1.54, 1.807) is 45.0 Å². The van der Waals surface area contributed by atoms with E-state index in [1.165, 1.54) is 6.07 Å². The van der Waals surface area contributed by atoms with Crippen LogP contribution in [-0.4, -0.2) is 17.4 Å². The van der Waals surface area contributed by atoms with Crippen LogP contribution in [0.15, 0.2) is 30.3 Å². The predicted molar refractivity (Wildman–Crippen MR) is 96.4 cm³/mol. The second kappa shape index (κ2) is 6.93. The highest BCUT2D eigenvalue weighted by molar-refractivity contribution is 7.14. The number of carbonyl (C=O) groups is 2. The van der Waals surface area contributed by atoms with Crippen LogP contribution in [0.3, 0.4) is 0 Å². The van der Waals surface area contributed by atoms with Crippen molar-refractivity contribution in [1.82, 2.24) is 0 Å². The van der Waals surface area contributed by atoms with Gasteiger partial charge in [0, 0.05) is 21.2 Å². The molecule has 1 aromatic carbocycles. The first kappa shape index (κ1) is 18.4. The fourth-order valence-corrected chi connectivity index (χ4v) is 3.11. The maximum Gasteiger partial charge on any atom is 0.328 e. The van der Waals surface area contributed by atoms with Crippen LogP contribution in [0.5, 0.6) is 0 Å². The summed E-state index contributed by atoms with van der Waals surface area (Å²) in [6.45, 7) is 5.30. The van der Waals surface area contributed by atoms with E-state index in [-0.39, 0.29) is 5.78 Å². The highest BCUT2D eigenvalue weighted by atomic mass is 35.5. The average Bonchev–Trinajstić information content (AvgIpc) is 2.96. The Morgan fingerprint density at radius 1 is 1.21 bits per heavy atom. The summed E-state index contributed by atoms with van der Waals surface area (Å²) >= 11 is 7.06. The number of hydrogen-bond acceptors (Lipinski definition) is 6. The van der Waals surface area contributed by atoms with Crippen molar-refractivity contribution in [3.05, 3.63) is 50.7 Å². The molecule has 2 aromatic rings. The van der Waals surface area contributed by atoms with Crippen LogP contribution in [0.1, 0.15) is 46.9 Å². The Kier molecular flexibility index (Phi) is 5.32. The number of ketones is 1. The number of nitrogen functional groups attached to an aromatic ring is 1. The van der Waals surface area contributed by atoms with Gasteiger partial charge >= 0.3 is 5.97 Å². The second-order valence-electron chi connectivity index (χ2n) is 6.27. The van der Waals surface area contributed by atoms with Crippen molar-refractivity contribution >= 4 is 40.4 Å². The van der Waals surface area contributed by atoms with Gasteiger partial charge < -0.3 is 16.2 Å². The molecule has 1 heterocycles. The van der Waals surface area contributed by atoms with E-state index in [2.05, 4.69) is 0 Å². The standard InChI is InChI=1S/C17H19ClN2O3S/c1-17(2,3)23-16(22)14(20)12-6-7-13(24-12)15(21)10-8-9(18)4-5-11(10)19/h4-8,14H,19-20H2,1-3H3. The highest BCUT2D eigenvalue weighted by Gasteiger charge is 2.25. The van der Waals surface area contributed by atoms with Crippen molar-refractivity contribution in [2.75, 3.05) is 5.73 Å². The van der Waals surface area contributed by atoms with Gasteiger partial charge in [-0.1, -0.05) is 11.6 Å². The number of thiophene rings is 1. The van der Waals surface area contributed by atoms with E-state index in [0.29, 0.717) is 26.0 Å². The highest BCUT2D eigenvalue weighted by Crippen LogP contribution is 2.28. The number of benzene rings is 1. The van der Waals surface area contributed by atoms with Crippen LogP contribution in [-0.2, 0) is 9.53 Å². The molecule has 1 aromatic heterocycles. The lowest BCUT2D eigenvalue weighted by Gasteiger charge is -2.21. The van der Waals surface area contributed by atoms with Crippen LogP contribution < -0.4 is 11.5 Å². The lowest BCUT2D eigenvalue weighted by Crippen LogP contribution is -2.31. The summed E-state index contributed by atoms with van der Waals surface area (Å²) in [5.41, 5.74) is 11.8. The minimum Gasteiger partial charge on any atom is -0.459 e. The third-order valence-corrected chi connectivity index (χ3v) is 4.48.